The van der Waals surface area contributed by atoms with Crippen LogP contribution in [-0.4, -0.2) is 40.6 Å². The van der Waals surface area contributed by atoms with E-state index in [0.717, 1.165) is 28.6 Å². The van der Waals surface area contributed by atoms with Crippen molar-refractivity contribution in [3.8, 4) is 11.5 Å². The predicted octanol–water partition coefficient (Wildman–Crippen LogP) is 5.12. The molecule has 1 aromatic heterocycles. The second-order valence-electron chi connectivity index (χ2n) is 6.80. The van der Waals surface area contributed by atoms with E-state index in [-0.39, 0.29) is 12.1 Å². The van der Waals surface area contributed by atoms with Gasteiger partial charge in [-0.25, -0.2) is 0 Å². The van der Waals surface area contributed by atoms with Crippen LogP contribution in [0.25, 0.3) is 0 Å². The van der Waals surface area contributed by atoms with E-state index < -0.39 is 0 Å². The summed E-state index contributed by atoms with van der Waals surface area (Å²) in [5, 5.41) is 1.65. The molecule has 4 rings (SSSR count). The third-order valence-electron chi connectivity index (χ3n) is 5.21. The molecule has 0 amide bonds. The van der Waals surface area contributed by atoms with Gasteiger partial charge in [0.05, 0.1) is 30.5 Å². The number of ether oxygens (including phenoxy) is 2. The average Bonchev–Trinajstić information content (AvgIpc) is 3.29. The first-order valence-corrected chi connectivity index (χ1v) is 10.9. The summed E-state index contributed by atoms with van der Waals surface area (Å²) in [6.07, 6.45) is 2.89. The van der Waals surface area contributed by atoms with Gasteiger partial charge in [-0.2, -0.15) is 0 Å². The zero-order chi connectivity index (χ0) is 19.7. The van der Waals surface area contributed by atoms with E-state index in [1.807, 2.05) is 55.2 Å². The zero-order valence-electron chi connectivity index (χ0n) is 16.3. The molecule has 5 nitrogen and oxygen atoms in total. The van der Waals surface area contributed by atoms with Gasteiger partial charge in [0.2, 0.25) is 0 Å². The van der Waals surface area contributed by atoms with Crippen molar-refractivity contribution in [2.75, 3.05) is 19.5 Å². The SMILES string of the molecule is CCOc1c(Cl)cc(C2C(c3ccccn3)N=C3SCC(CC)N32)cc1OC. The second kappa shape index (κ2) is 8.21. The number of hydrogen-bond donors (Lipinski definition) is 0. The molecular weight excluding hydrogens is 394 g/mol. The highest BCUT2D eigenvalue weighted by atomic mass is 35.5. The molecule has 7 heteroatoms. The molecule has 3 atom stereocenters. The van der Waals surface area contributed by atoms with E-state index in [2.05, 4.69) is 16.8 Å². The molecule has 2 aliphatic rings. The number of methoxy groups -OCH3 is 1. The van der Waals surface area contributed by atoms with Gasteiger partial charge in [0, 0.05) is 18.0 Å². The van der Waals surface area contributed by atoms with Crippen LogP contribution in [0.1, 0.15) is 43.6 Å². The standard InChI is InChI=1S/C21H24ClN3O2S/c1-4-14-12-28-21-24-18(16-8-6-7-9-23-16)19(25(14)21)13-10-15(22)20(27-5-2)17(11-13)26-3/h6-11,14,18-19H,4-5,12H2,1-3H3. The number of thioether (sulfide) groups is 1. The van der Waals surface area contributed by atoms with Gasteiger partial charge < -0.3 is 14.4 Å². The number of pyridine rings is 1. The van der Waals surface area contributed by atoms with Crippen molar-refractivity contribution in [2.45, 2.75) is 38.4 Å². The highest BCUT2D eigenvalue weighted by Gasteiger charge is 2.45. The van der Waals surface area contributed by atoms with Crippen molar-refractivity contribution in [3.05, 3.63) is 52.8 Å². The van der Waals surface area contributed by atoms with Gasteiger partial charge in [-0.3, -0.25) is 9.98 Å². The second-order valence-corrected chi connectivity index (χ2v) is 8.20. The molecule has 1 aromatic carbocycles. The number of rotatable bonds is 6. The molecule has 0 aliphatic carbocycles. The van der Waals surface area contributed by atoms with Crippen molar-refractivity contribution in [3.63, 3.8) is 0 Å². The van der Waals surface area contributed by atoms with Crippen molar-refractivity contribution in [1.82, 2.24) is 9.88 Å². The highest BCUT2D eigenvalue weighted by molar-refractivity contribution is 8.14. The summed E-state index contributed by atoms with van der Waals surface area (Å²) in [5.41, 5.74) is 2.04. The maximum atomic E-state index is 6.60. The first-order valence-electron chi connectivity index (χ1n) is 9.58. The van der Waals surface area contributed by atoms with E-state index in [4.69, 9.17) is 26.1 Å². The molecule has 2 aromatic rings. The number of nitrogens with zero attached hydrogens (tertiary/aromatic N) is 3. The molecule has 3 heterocycles. The fourth-order valence-corrected chi connectivity index (χ4v) is 5.52. The van der Waals surface area contributed by atoms with Crippen LogP contribution >= 0.6 is 23.4 Å². The molecule has 0 radical (unpaired) electrons. The Bertz CT molecular complexity index is 877. The Morgan fingerprint density at radius 1 is 1.29 bits per heavy atom. The summed E-state index contributed by atoms with van der Waals surface area (Å²) in [6, 6.07) is 10.4. The first kappa shape index (κ1) is 19.4. The van der Waals surface area contributed by atoms with Crippen LogP contribution in [0, 0.1) is 0 Å². The van der Waals surface area contributed by atoms with Gasteiger partial charge in [-0.15, -0.1) is 0 Å². The van der Waals surface area contributed by atoms with Crippen LogP contribution in [0.15, 0.2) is 41.5 Å². The topological polar surface area (TPSA) is 47.0 Å². The molecule has 2 aliphatic heterocycles. The number of amidine groups is 1. The number of benzene rings is 1. The van der Waals surface area contributed by atoms with E-state index in [1.54, 1.807) is 7.11 Å². The lowest BCUT2D eigenvalue weighted by Gasteiger charge is -2.32. The van der Waals surface area contributed by atoms with Gasteiger partial charge in [0.1, 0.15) is 6.04 Å². The van der Waals surface area contributed by atoms with Gasteiger partial charge >= 0.3 is 0 Å². The van der Waals surface area contributed by atoms with Crippen molar-refractivity contribution < 1.29 is 9.47 Å². The molecule has 0 bridgehead atoms. The molecule has 0 spiro atoms. The minimum absolute atomic E-state index is 0.0342. The Kier molecular flexibility index (Phi) is 5.69. The predicted molar refractivity (Wildman–Crippen MR) is 115 cm³/mol. The highest BCUT2D eigenvalue weighted by Crippen LogP contribution is 2.50. The van der Waals surface area contributed by atoms with E-state index in [0.29, 0.717) is 29.2 Å². The number of hydrogen-bond acceptors (Lipinski definition) is 6. The number of aromatic nitrogens is 1. The largest absolute Gasteiger partial charge is 0.493 e. The molecule has 28 heavy (non-hydrogen) atoms. The summed E-state index contributed by atoms with van der Waals surface area (Å²) in [4.78, 5) is 12.1. The lowest BCUT2D eigenvalue weighted by atomic mass is 9.95. The minimum Gasteiger partial charge on any atom is -0.493 e. The van der Waals surface area contributed by atoms with Gasteiger partial charge in [-0.05, 0) is 43.2 Å². The molecule has 3 unspecified atom stereocenters. The maximum Gasteiger partial charge on any atom is 0.179 e. The van der Waals surface area contributed by atoms with Gasteiger partial charge in [0.15, 0.2) is 16.7 Å². The Hall–Kier alpha value is -1.92. The molecule has 0 saturated carbocycles. The summed E-state index contributed by atoms with van der Waals surface area (Å²) in [7, 11) is 1.64. The van der Waals surface area contributed by atoms with E-state index in [1.165, 1.54) is 0 Å². The summed E-state index contributed by atoms with van der Waals surface area (Å²) >= 11 is 8.42. The number of fused-ring (bicyclic) bond motifs is 1. The van der Waals surface area contributed by atoms with Crippen LogP contribution < -0.4 is 9.47 Å². The van der Waals surface area contributed by atoms with E-state index >= 15 is 0 Å². The summed E-state index contributed by atoms with van der Waals surface area (Å²) in [6.45, 7) is 4.69. The van der Waals surface area contributed by atoms with Crippen LogP contribution in [0.2, 0.25) is 5.02 Å². The fraction of sp³-hybridized carbons (Fsp3) is 0.429. The molecule has 148 valence electrons. The van der Waals surface area contributed by atoms with Gasteiger partial charge in [-0.1, -0.05) is 36.4 Å². The van der Waals surface area contributed by atoms with Crippen LogP contribution in [0.4, 0.5) is 0 Å². The van der Waals surface area contributed by atoms with E-state index in [9.17, 15) is 0 Å². The van der Waals surface area contributed by atoms with Crippen LogP contribution in [0.5, 0.6) is 11.5 Å². The molecule has 1 saturated heterocycles. The zero-order valence-corrected chi connectivity index (χ0v) is 17.8. The van der Waals surface area contributed by atoms with Crippen molar-refractivity contribution in [2.24, 2.45) is 4.99 Å². The van der Waals surface area contributed by atoms with Crippen molar-refractivity contribution in [1.29, 1.82) is 0 Å². The third kappa shape index (κ3) is 3.33. The Labute approximate surface area is 175 Å². The number of aliphatic imine (C=N–C) groups is 1. The average molecular weight is 418 g/mol. The van der Waals surface area contributed by atoms with Crippen LogP contribution in [0.3, 0.4) is 0 Å². The Morgan fingerprint density at radius 3 is 2.82 bits per heavy atom. The van der Waals surface area contributed by atoms with Crippen molar-refractivity contribution >= 4 is 28.5 Å². The quantitative estimate of drug-likeness (QED) is 0.652. The maximum absolute atomic E-state index is 6.60. The molecule has 0 N–H and O–H groups in total. The monoisotopic (exact) mass is 417 g/mol. The number of halogens is 1. The van der Waals surface area contributed by atoms with Crippen LogP contribution in [-0.2, 0) is 0 Å². The Balaban J connectivity index is 1.81. The molecular formula is C21H24ClN3O2S. The normalized spacial score (nSPS) is 23.5. The summed E-state index contributed by atoms with van der Waals surface area (Å²) < 4.78 is 11.3. The first-order chi connectivity index (χ1) is 13.7. The lowest BCUT2D eigenvalue weighted by Crippen LogP contribution is -2.35. The smallest absolute Gasteiger partial charge is 0.179 e. The Morgan fingerprint density at radius 2 is 2.14 bits per heavy atom. The molecule has 1 fully saturated rings. The third-order valence-corrected chi connectivity index (χ3v) is 6.62. The summed E-state index contributed by atoms with van der Waals surface area (Å²) in [5.74, 6) is 2.30. The van der Waals surface area contributed by atoms with Gasteiger partial charge in [0.25, 0.3) is 0 Å². The fourth-order valence-electron chi connectivity index (χ4n) is 3.90. The minimum atomic E-state index is -0.0724. The lowest BCUT2D eigenvalue weighted by molar-refractivity contribution is 0.254.